The Balaban J connectivity index is 2.69. The van der Waals surface area contributed by atoms with E-state index in [0.29, 0.717) is 24.8 Å². The van der Waals surface area contributed by atoms with E-state index in [-0.39, 0.29) is 12.1 Å². The van der Waals surface area contributed by atoms with Gasteiger partial charge in [0.1, 0.15) is 0 Å². The van der Waals surface area contributed by atoms with Crippen molar-refractivity contribution in [2.75, 3.05) is 20.3 Å². The lowest BCUT2D eigenvalue weighted by atomic mass is 10.2. The summed E-state index contributed by atoms with van der Waals surface area (Å²) < 4.78 is 12.3. The molecule has 0 spiro atoms. The highest BCUT2D eigenvalue weighted by molar-refractivity contribution is 6.31. The smallest absolute Gasteiger partial charge is 0.0835 e. The maximum Gasteiger partial charge on any atom is 0.0835 e. The van der Waals surface area contributed by atoms with E-state index in [4.69, 9.17) is 26.8 Å². The van der Waals surface area contributed by atoms with E-state index in [1.165, 1.54) is 0 Å². The SMILES string of the molecule is COCCn1ncc(Cl)c1C(N)COC(C)C. The second-order valence-electron chi connectivity index (χ2n) is 4.08. The van der Waals surface area contributed by atoms with Crippen molar-refractivity contribution >= 4 is 11.6 Å². The largest absolute Gasteiger partial charge is 0.383 e. The molecule has 17 heavy (non-hydrogen) atoms. The van der Waals surface area contributed by atoms with E-state index in [9.17, 15) is 0 Å². The van der Waals surface area contributed by atoms with Gasteiger partial charge in [0.2, 0.25) is 0 Å². The lowest BCUT2D eigenvalue weighted by Crippen LogP contribution is -2.24. The highest BCUT2D eigenvalue weighted by atomic mass is 35.5. The third-order valence-corrected chi connectivity index (χ3v) is 2.59. The number of rotatable bonds is 7. The van der Waals surface area contributed by atoms with E-state index in [1.54, 1.807) is 18.0 Å². The predicted molar refractivity (Wildman–Crippen MR) is 67.1 cm³/mol. The second-order valence-corrected chi connectivity index (χ2v) is 4.49. The Morgan fingerprint density at radius 1 is 1.53 bits per heavy atom. The fraction of sp³-hybridized carbons (Fsp3) is 0.727. The van der Waals surface area contributed by atoms with Gasteiger partial charge in [-0.15, -0.1) is 0 Å². The molecule has 0 fully saturated rings. The number of hydrogen-bond acceptors (Lipinski definition) is 4. The molecule has 0 amide bonds. The highest BCUT2D eigenvalue weighted by Crippen LogP contribution is 2.21. The first kappa shape index (κ1) is 14.4. The molecule has 1 aromatic heterocycles. The number of aromatic nitrogens is 2. The van der Waals surface area contributed by atoms with Crippen molar-refractivity contribution in [1.29, 1.82) is 0 Å². The summed E-state index contributed by atoms with van der Waals surface area (Å²) in [5.74, 6) is 0. The van der Waals surface area contributed by atoms with E-state index < -0.39 is 0 Å². The molecule has 0 bridgehead atoms. The Labute approximate surface area is 107 Å². The van der Waals surface area contributed by atoms with Crippen molar-refractivity contribution in [2.45, 2.75) is 32.5 Å². The summed E-state index contributed by atoms with van der Waals surface area (Å²) in [7, 11) is 1.65. The van der Waals surface area contributed by atoms with Crippen molar-refractivity contribution in [3.8, 4) is 0 Å². The summed E-state index contributed by atoms with van der Waals surface area (Å²) in [6.07, 6.45) is 1.75. The molecule has 0 saturated heterocycles. The van der Waals surface area contributed by atoms with Crippen LogP contribution in [0.1, 0.15) is 25.6 Å². The molecule has 0 aliphatic rings. The van der Waals surface area contributed by atoms with Gasteiger partial charge in [-0.25, -0.2) is 0 Å². The molecule has 6 heteroatoms. The molecule has 1 heterocycles. The average molecular weight is 262 g/mol. The van der Waals surface area contributed by atoms with Gasteiger partial charge >= 0.3 is 0 Å². The van der Waals surface area contributed by atoms with Crippen LogP contribution in [0, 0.1) is 0 Å². The van der Waals surface area contributed by atoms with Crippen molar-refractivity contribution in [3.63, 3.8) is 0 Å². The van der Waals surface area contributed by atoms with Crippen LogP contribution < -0.4 is 5.73 Å². The Kier molecular flexibility index (Phi) is 5.91. The average Bonchev–Trinajstić information content (AvgIpc) is 2.64. The summed E-state index contributed by atoms with van der Waals surface area (Å²) in [4.78, 5) is 0. The minimum atomic E-state index is -0.274. The van der Waals surface area contributed by atoms with Crippen LogP contribution in [-0.2, 0) is 16.0 Å². The fourth-order valence-corrected chi connectivity index (χ4v) is 1.75. The number of methoxy groups -OCH3 is 1. The van der Waals surface area contributed by atoms with Crippen LogP contribution in [0.4, 0.5) is 0 Å². The minimum absolute atomic E-state index is 0.148. The Hall–Kier alpha value is -0.620. The zero-order valence-electron chi connectivity index (χ0n) is 10.5. The van der Waals surface area contributed by atoms with Crippen LogP contribution in [0.25, 0.3) is 0 Å². The van der Waals surface area contributed by atoms with Gasteiger partial charge in [0, 0.05) is 7.11 Å². The topological polar surface area (TPSA) is 62.3 Å². The summed E-state index contributed by atoms with van der Waals surface area (Å²) in [6, 6.07) is -0.274. The van der Waals surface area contributed by atoms with Crippen molar-refractivity contribution in [1.82, 2.24) is 9.78 Å². The van der Waals surface area contributed by atoms with E-state index in [2.05, 4.69) is 5.10 Å². The van der Waals surface area contributed by atoms with Crippen molar-refractivity contribution in [2.24, 2.45) is 5.73 Å². The van der Waals surface area contributed by atoms with Crippen LogP contribution >= 0.6 is 11.6 Å². The summed E-state index contributed by atoms with van der Waals surface area (Å²) in [6.45, 7) is 5.57. The molecule has 0 aliphatic heterocycles. The molecule has 1 unspecified atom stereocenters. The summed E-state index contributed by atoms with van der Waals surface area (Å²) in [5.41, 5.74) is 6.85. The molecule has 1 atom stereocenters. The second kappa shape index (κ2) is 6.96. The van der Waals surface area contributed by atoms with Crippen LogP contribution in [0.2, 0.25) is 5.02 Å². The molecule has 1 rings (SSSR count). The molecular formula is C11H20ClN3O2. The quantitative estimate of drug-likeness (QED) is 0.810. The lowest BCUT2D eigenvalue weighted by Gasteiger charge is -2.16. The summed E-state index contributed by atoms with van der Waals surface area (Å²) >= 11 is 6.07. The summed E-state index contributed by atoms with van der Waals surface area (Å²) in [5, 5.41) is 4.74. The molecule has 0 aliphatic carbocycles. The molecule has 0 saturated carbocycles. The van der Waals surface area contributed by atoms with Gasteiger partial charge in [-0.2, -0.15) is 5.10 Å². The first-order valence-corrected chi connectivity index (χ1v) is 6.01. The normalized spacial score (nSPS) is 13.3. The van der Waals surface area contributed by atoms with Crippen LogP contribution in [0.15, 0.2) is 6.20 Å². The zero-order chi connectivity index (χ0) is 12.8. The van der Waals surface area contributed by atoms with Gasteiger partial charge in [0.25, 0.3) is 0 Å². The molecule has 0 radical (unpaired) electrons. The Morgan fingerprint density at radius 2 is 2.24 bits per heavy atom. The van der Waals surface area contributed by atoms with Crippen LogP contribution in [-0.4, -0.2) is 36.2 Å². The van der Waals surface area contributed by atoms with Gasteiger partial charge in [0.05, 0.1) is 48.8 Å². The van der Waals surface area contributed by atoms with E-state index in [0.717, 1.165) is 5.69 Å². The van der Waals surface area contributed by atoms with Gasteiger partial charge in [-0.1, -0.05) is 11.6 Å². The lowest BCUT2D eigenvalue weighted by molar-refractivity contribution is 0.0664. The predicted octanol–water partition coefficient (Wildman–Crippen LogP) is 1.61. The number of nitrogens with two attached hydrogens (primary N) is 1. The van der Waals surface area contributed by atoms with Gasteiger partial charge in [-0.05, 0) is 13.8 Å². The minimum Gasteiger partial charge on any atom is -0.383 e. The molecule has 2 N–H and O–H groups in total. The number of hydrogen-bond donors (Lipinski definition) is 1. The monoisotopic (exact) mass is 261 g/mol. The van der Waals surface area contributed by atoms with Gasteiger partial charge in [0.15, 0.2) is 0 Å². The number of ether oxygens (including phenoxy) is 2. The standard InChI is InChI=1S/C11H20ClN3O2/c1-8(2)17-7-10(13)11-9(12)6-14-15(11)4-5-16-3/h6,8,10H,4-5,7,13H2,1-3H3. The number of nitrogens with zero attached hydrogens (tertiary/aromatic N) is 2. The number of halogens is 1. The molecular weight excluding hydrogens is 242 g/mol. The van der Waals surface area contributed by atoms with E-state index in [1.807, 2.05) is 13.8 Å². The molecule has 98 valence electrons. The zero-order valence-corrected chi connectivity index (χ0v) is 11.3. The third kappa shape index (κ3) is 4.27. The van der Waals surface area contributed by atoms with Crippen molar-refractivity contribution < 1.29 is 9.47 Å². The van der Waals surface area contributed by atoms with Crippen LogP contribution in [0.5, 0.6) is 0 Å². The molecule has 1 aromatic rings. The van der Waals surface area contributed by atoms with Gasteiger partial charge in [-0.3, -0.25) is 4.68 Å². The van der Waals surface area contributed by atoms with Crippen LogP contribution in [0.3, 0.4) is 0 Å². The van der Waals surface area contributed by atoms with Crippen molar-refractivity contribution in [3.05, 3.63) is 16.9 Å². The maximum atomic E-state index is 6.07. The fourth-order valence-electron chi connectivity index (χ4n) is 1.47. The highest BCUT2D eigenvalue weighted by Gasteiger charge is 2.17. The van der Waals surface area contributed by atoms with E-state index >= 15 is 0 Å². The molecule has 0 aromatic carbocycles. The van der Waals surface area contributed by atoms with Gasteiger partial charge < -0.3 is 15.2 Å². The maximum absolute atomic E-state index is 6.07. The Morgan fingerprint density at radius 3 is 2.82 bits per heavy atom. The Bertz CT molecular complexity index is 341. The third-order valence-electron chi connectivity index (χ3n) is 2.30. The first-order chi connectivity index (χ1) is 8.06. The first-order valence-electron chi connectivity index (χ1n) is 5.63. The molecule has 5 nitrogen and oxygen atoms in total.